The highest BCUT2D eigenvalue weighted by atomic mass is 16.5. The number of pyridine rings is 1. The molecular formula is C18H21N3O2. The Hall–Kier alpha value is -2.56. The third-order valence-corrected chi connectivity index (χ3v) is 4.20. The summed E-state index contributed by atoms with van der Waals surface area (Å²) in [6.07, 6.45) is 0.803. The summed E-state index contributed by atoms with van der Waals surface area (Å²) < 4.78 is 5.40. The quantitative estimate of drug-likeness (QED) is 0.926. The minimum Gasteiger partial charge on any atom is -0.496 e. The third kappa shape index (κ3) is 3.13. The van der Waals surface area contributed by atoms with Gasteiger partial charge in [0.25, 0.3) is 0 Å². The fourth-order valence-electron chi connectivity index (χ4n) is 2.95. The van der Waals surface area contributed by atoms with Gasteiger partial charge in [-0.25, -0.2) is 4.79 Å². The first kappa shape index (κ1) is 15.3. The molecule has 0 spiro atoms. The van der Waals surface area contributed by atoms with Gasteiger partial charge in [-0.3, -0.25) is 4.98 Å². The molecule has 0 bridgehead atoms. The van der Waals surface area contributed by atoms with Gasteiger partial charge in [0.15, 0.2) is 0 Å². The Morgan fingerprint density at radius 2 is 2.09 bits per heavy atom. The summed E-state index contributed by atoms with van der Waals surface area (Å²) >= 11 is 0. The lowest BCUT2D eigenvalue weighted by atomic mass is 9.99. The average Bonchev–Trinajstić information content (AvgIpc) is 2.56. The number of methoxy groups -OCH3 is 1. The number of anilines is 1. The van der Waals surface area contributed by atoms with Gasteiger partial charge in [0.1, 0.15) is 5.75 Å². The van der Waals surface area contributed by atoms with Gasteiger partial charge in [-0.1, -0.05) is 12.1 Å². The summed E-state index contributed by atoms with van der Waals surface area (Å²) in [5, 5.41) is 2.96. The number of hydrogen-bond donors (Lipinski definition) is 1. The molecule has 3 rings (SSSR count). The van der Waals surface area contributed by atoms with Crippen molar-refractivity contribution in [3.63, 3.8) is 0 Å². The SMILES string of the molecule is COc1cccc2c1CCN(C(=O)Nc1ccc(C)nc1C)C2. The lowest BCUT2D eigenvalue weighted by molar-refractivity contribution is 0.206. The van der Waals surface area contributed by atoms with Crippen LogP contribution in [0.3, 0.4) is 0 Å². The van der Waals surface area contributed by atoms with Gasteiger partial charge in [-0.15, -0.1) is 0 Å². The van der Waals surface area contributed by atoms with Crippen LogP contribution in [0.1, 0.15) is 22.5 Å². The Morgan fingerprint density at radius 1 is 1.26 bits per heavy atom. The standard InChI is InChI=1S/C18H21N3O2/c1-12-7-8-16(13(2)19-12)20-18(22)21-10-9-15-14(11-21)5-4-6-17(15)23-3/h4-8H,9-11H2,1-3H3,(H,20,22). The molecule has 1 aliphatic rings. The number of aryl methyl sites for hydroxylation is 2. The maximum absolute atomic E-state index is 12.5. The molecule has 1 aromatic heterocycles. The van der Waals surface area contributed by atoms with E-state index in [1.807, 2.05) is 43.0 Å². The van der Waals surface area contributed by atoms with E-state index in [1.165, 1.54) is 5.56 Å². The zero-order valence-corrected chi connectivity index (χ0v) is 13.7. The lowest BCUT2D eigenvalue weighted by Crippen LogP contribution is -2.39. The van der Waals surface area contributed by atoms with Crippen LogP contribution in [-0.4, -0.2) is 29.6 Å². The minimum absolute atomic E-state index is 0.0905. The summed E-state index contributed by atoms with van der Waals surface area (Å²) in [7, 11) is 1.68. The van der Waals surface area contributed by atoms with E-state index in [0.29, 0.717) is 13.1 Å². The predicted molar refractivity (Wildman–Crippen MR) is 89.8 cm³/mol. The average molecular weight is 311 g/mol. The fourth-order valence-corrected chi connectivity index (χ4v) is 2.95. The number of benzene rings is 1. The highest BCUT2D eigenvalue weighted by Crippen LogP contribution is 2.28. The van der Waals surface area contributed by atoms with Gasteiger partial charge in [0.2, 0.25) is 0 Å². The summed E-state index contributed by atoms with van der Waals surface area (Å²) in [6.45, 7) is 5.11. The molecule has 1 N–H and O–H groups in total. The van der Waals surface area contributed by atoms with Crippen molar-refractivity contribution in [1.82, 2.24) is 9.88 Å². The van der Waals surface area contributed by atoms with Crippen LogP contribution in [-0.2, 0) is 13.0 Å². The molecule has 2 amide bonds. The highest BCUT2D eigenvalue weighted by molar-refractivity contribution is 5.90. The van der Waals surface area contributed by atoms with Gasteiger partial charge in [-0.05, 0) is 44.0 Å². The molecule has 0 aliphatic carbocycles. The van der Waals surface area contributed by atoms with Crippen LogP contribution >= 0.6 is 0 Å². The monoisotopic (exact) mass is 311 g/mol. The van der Waals surface area contributed by atoms with E-state index in [0.717, 1.165) is 34.8 Å². The number of ether oxygens (including phenoxy) is 1. The molecule has 120 valence electrons. The van der Waals surface area contributed by atoms with E-state index < -0.39 is 0 Å². The van der Waals surface area contributed by atoms with Crippen molar-refractivity contribution in [1.29, 1.82) is 0 Å². The summed E-state index contributed by atoms with van der Waals surface area (Å²) in [6, 6.07) is 9.70. The van der Waals surface area contributed by atoms with Gasteiger partial charge in [-0.2, -0.15) is 0 Å². The Labute approximate surface area is 136 Å². The first-order chi connectivity index (χ1) is 11.1. The van der Waals surface area contributed by atoms with E-state index >= 15 is 0 Å². The van der Waals surface area contributed by atoms with Crippen molar-refractivity contribution in [3.8, 4) is 5.75 Å². The highest BCUT2D eigenvalue weighted by Gasteiger charge is 2.23. The molecular weight excluding hydrogens is 290 g/mol. The second-order valence-electron chi connectivity index (χ2n) is 5.79. The van der Waals surface area contributed by atoms with Gasteiger partial charge < -0.3 is 15.0 Å². The minimum atomic E-state index is -0.0905. The first-order valence-corrected chi connectivity index (χ1v) is 7.73. The van der Waals surface area contributed by atoms with Gasteiger partial charge in [0, 0.05) is 24.3 Å². The number of hydrogen-bond acceptors (Lipinski definition) is 3. The molecule has 23 heavy (non-hydrogen) atoms. The molecule has 0 radical (unpaired) electrons. The molecule has 0 atom stereocenters. The number of carbonyl (C=O) groups is 1. The zero-order chi connectivity index (χ0) is 16.4. The van der Waals surface area contributed by atoms with Crippen molar-refractivity contribution in [2.75, 3.05) is 19.0 Å². The number of nitrogens with zero attached hydrogens (tertiary/aromatic N) is 2. The maximum atomic E-state index is 12.5. The normalized spacial score (nSPS) is 13.4. The largest absolute Gasteiger partial charge is 0.496 e. The molecule has 5 heteroatoms. The van der Waals surface area contributed by atoms with E-state index in [2.05, 4.69) is 16.4 Å². The molecule has 1 aromatic carbocycles. The summed E-state index contributed by atoms with van der Waals surface area (Å²) in [5.41, 5.74) is 4.88. The number of rotatable bonds is 2. The summed E-state index contributed by atoms with van der Waals surface area (Å²) in [5.74, 6) is 0.904. The van der Waals surface area contributed by atoms with Crippen LogP contribution in [0, 0.1) is 13.8 Å². The zero-order valence-electron chi connectivity index (χ0n) is 13.7. The molecule has 5 nitrogen and oxygen atoms in total. The van der Waals surface area contributed by atoms with Crippen molar-refractivity contribution in [2.24, 2.45) is 0 Å². The Morgan fingerprint density at radius 3 is 2.83 bits per heavy atom. The number of nitrogens with one attached hydrogen (secondary N) is 1. The molecule has 0 unspecified atom stereocenters. The lowest BCUT2D eigenvalue weighted by Gasteiger charge is -2.30. The second-order valence-corrected chi connectivity index (χ2v) is 5.79. The number of amides is 2. The molecule has 0 saturated carbocycles. The van der Waals surface area contributed by atoms with Crippen molar-refractivity contribution < 1.29 is 9.53 Å². The maximum Gasteiger partial charge on any atom is 0.322 e. The second kappa shape index (κ2) is 6.28. The van der Waals surface area contributed by atoms with Gasteiger partial charge >= 0.3 is 6.03 Å². The smallest absolute Gasteiger partial charge is 0.322 e. The van der Waals surface area contributed by atoms with E-state index in [4.69, 9.17) is 4.74 Å². The molecule has 1 aliphatic heterocycles. The van der Waals surface area contributed by atoms with Crippen LogP contribution in [0.15, 0.2) is 30.3 Å². The topological polar surface area (TPSA) is 54.5 Å². The van der Waals surface area contributed by atoms with E-state index in [-0.39, 0.29) is 6.03 Å². The van der Waals surface area contributed by atoms with Crippen LogP contribution in [0.4, 0.5) is 10.5 Å². The Balaban J connectivity index is 1.74. The number of fused-ring (bicyclic) bond motifs is 1. The van der Waals surface area contributed by atoms with Crippen LogP contribution < -0.4 is 10.1 Å². The van der Waals surface area contributed by atoms with Crippen molar-refractivity contribution >= 4 is 11.7 Å². The number of aromatic nitrogens is 1. The van der Waals surface area contributed by atoms with Crippen molar-refractivity contribution in [3.05, 3.63) is 52.8 Å². The Bertz CT molecular complexity index is 743. The van der Waals surface area contributed by atoms with Gasteiger partial charge in [0.05, 0.1) is 18.5 Å². The Kier molecular flexibility index (Phi) is 4.19. The van der Waals surface area contributed by atoms with Crippen LogP contribution in [0.5, 0.6) is 5.75 Å². The number of urea groups is 1. The third-order valence-electron chi connectivity index (χ3n) is 4.20. The van der Waals surface area contributed by atoms with E-state index in [1.54, 1.807) is 7.11 Å². The van der Waals surface area contributed by atoms with Crippen LogP contribution in [0.2, 0.25) is 0 Å². The number of carbonyl (C=O) groups excluding carboxylic acids is 1. The van der Waals surface area contributed by atoms with Crippen molar-refractivity contribution in [2.45, 2.75) is 26.8 Å². The van der Waals surface area contributed by atoms with Crippen LogP contribution in [0.25, 0.3) is 0 Å². The first-order valence-electron chi connectivity index (χ1n) is 7.73. The van der Waals surface area contributed by atoms with E-state index in [9.17, 15) is 4.79 Å². The molecule has 2 aromatic rings. The fraction of sp³-hybridized carbons (Fsp3) is 0.333. The summed E-state index contributed by atoms with van der Waals surface area (Å²) in [4.78, 5) is 18.7. The predicted octanol–water partition coefficient (Wildman–Crippen LogP) is 3.30. The molecule has 2 heterocycles. The molecule has 0 saturated heterocycles. The molecule has 0 fully saturated rings.